The van der Waals surface area contributed by atoms with Gasteiger partial charge in [-0.15, -0.1) is 0 Å². The van der Waals surface area contributed by atoms with Crippen LogP contribution in [0.1, 0.15) is 52.9 Å². The summed E-state index contributed by atoms with van der Waals surface area (Å²) in [7, 11) is 0. The van der Waals surface area contributed by atoms with E-state index >= 15 is 0 Å². The van der Waals surface area contributed by atoms with Crippen molar-refractivity contribution in [2.75, 3.05) is 10.6 Å². The molecule has 172 valence electrons. The maximum Gasteiger partial charge on any atom is 0.410 e. The van der Waals surface area contributed by atoms with Crippen LogP contribution in [-0.4, -0.2) is 57.4 Å². The third-order valence-corrected chi connectivity index (χ3v) is 6.64. The second kappa shape index (κ2) is 8.71. The van der Waals surface area contributed by atoms with Crippen LogP contribution in [0.15, 0.2) is 24.4 Å². The topological polar surface area (TPSA) is 103 Å². The maximum atomic E-state index is 12.6. The quantitative estimate of drug-likeness (QED) is 0.563. The molecule has 0 aromatic carbocycles. The lowest BCUT2D eigenvalue weighted by Gasteiger charge is -2.39. The highest BCUT2D eigenvalue weighted by Gasteiger charge is 2.44. The first-order valence-electron chi connectivity index (χ1n) is 11.7. The predicted octanol–water partition coefficient (Wildman–Crippen LogP) is 3.21. The van der Waals surface area contributed by atoms with E-state index in [9.17, 15) is 4.79 Å². The van der Waals surface area contributed by atoms with Gasteiger partial charge in [-0.3, -0.25) is 10.4 Å². The summed E-state index contributed by atoms with van der Waals surface area (Å²) < 4.78 is 5.49. The van der Waals surface area contributed by atoms with E-state index in [1.54, 1.807) is 0 Å². The number of anilines is 2. The van der Waals surface area contributed by atoms with Crippen molar-refractivity contribution in [2.24, 2.45) is 0 Å². The summed E-state index contributed by atoms with van der Waals surface area (Å²) in [5.41, 5.74) is 7.41. The fraction of sp³-hybridized carbons (Fsp3) is 0.609. The molecule has 9 heteroatoms. The Morgan fingerprint density at radius 1 is 1.19 bits per heavy atom. The van der Waals surface area contributed by atoms with E-state index in [1.165, 1.54) is 0 Å². The van der Waals surface area contributed by atoms with Crippen LogP contribution in [0, 0.1) is 0 Å². The van der Waals surface area contributed by atoms with Crippen LogP contribution in [0.2, 0.25) is 0 Å². The predicted molar refractivity (Wildman–Crippen MR) is 124 cm³/mol. The van der Waals surface area contributed by atoms with E-state index in [2.05, 4.69) is 39.5 Å². The van der Waals surface area contributed by atoms with Gasteiger partial charge in [-0.2, -0.15) is 0 Å². The number of carbonyl (C=O) groups is 1. The standard InChI is InChI=1S/C23H33N7O2/c1-13(2)32-23(31)30-16-6-7-17(30)11-15(10-16)25-22-18-5-4-8-24-19(18)12-20(27-22)26-21-9-14(3)28-29-21/h4-5,8,12-17,21,28-29H,6-7,9-11H2,1-3H3,(H2,25,26,27)/t14?,15?,16-,17+,21?. The molecule has 3 aliphatic heterocycles. The number of ether oxygens (including phenoxy) is 1. The number of amides is 1. The summed E-state index contributed by atoms with van der Waals surface area (Å²) in [6.07, 6.45) is 6.51. The molecule has 0 spiro atoms. The molecule has 2 aromatic heterocycles. The number of piperidine rings is 1. The Morgan fingerprint density at radius 3 is 2.66 bits per heavy atom. The molecule has 3 saturated heterocycles. The number of pyridine rings is 2. The molecule has 5 rings (SSSR count). The molecular weight excluding hydrogens is 406 g/mol. The van der Waals surface area contributed by atoms with Crippen molar-refractivity contribution in [3.05, 3.63) is 24.4 Å². The van der Waals surface area contributed by atoms with Gasteiger partial charge in [-0.25, -0.2) is 15.2 Å². The highest BCUT2D eigenvalue weighted by molar-refractivity contribution is 5.91. The highest BCUT2D eigenvalue weighted by Crippen LogP contribution is 2.38. The monoisotopic (exact) mass is 439 g/mol. The summed E-state index contributed by atoms with van der Waals surface area (Å²) >= 11 is 0. The minimum atomic E-state index is -0.170. The average molecular weight is 440 g/mol. The fourth-order valence-electron chi connectivity index (χ4n) is 5.30. The zero-order chi connectivity index (χ0) is 22.2. The Hall–Kier alpha value is -2.65. The van der Waals surface area contributed by atoms with Gasteiger partial charge in [0, 0.05) is 41.8 Å². The van der Waals surface area contributed by atoms with Crippen molar-refractivity contribution < 1.29 is 9.53 Å². The molecule has 1 amide bonds. The van der Waals surface area contributed by atoms with Gasteiger partial charge in [0.05, 0.1) is 17.8 Å². The summed E-state index contributed by atoms with van der Waals surface area (Å²) in [5.74, 6) is 1.65. The number of rotatable bonds is 5. The first-order chi connectivity index (χ1) is 15.5. The molecule has 2 aromatic rings. The van der Waals surface area contributed by atoms with E-state index in [0.717, 1.165) is 54.6 Å². The maximum absolute atomic E-state index is 12.6. The van der Waals surface area contributed by atoms with Crippen LogP contribution in [0.4, 0.5) is 16.4 Å². The third kappa shape index (κ3) is 4.31. The van der Waals surface area contributed by atoms with Gasteiger partial charge in [0.15, 0.2) is 0 Å². The Kier molecular flexibility index (Phi) is 5.77. The van der Waals surface area contributed by atoms with E-state index < -0.39 is 0 Å². The first-order valence-corrected chi connectivity index (χ1v) is 11.7. The van der Waals surface area contributed by atoms with Crippen LogP contribution >= 0.6 is 0 Å². The Balaban J connectivity index is 1.33. The normalized spacial score (nSPS) is 29.5. The van der Waals surface area contributed by atoms with Crippen LogP contribution in [0.3, 0.4) is 0 Å². The van der Waals surface area contributed by atoms with E-state index in [0.29, 0.717) is 6.04 Å². The Bertz CT molecular complexity index is 970. The average Bonchev–Trinajstić information content (AvgIpc) is 3.27. The molecule has 5 heterocycles. The number of hydrogen-bond acceptors (Lipinski definition) is 8. The smallest absolute Gasteiger partial charge is 0.410 e. The number of hydrazine groups is 1. The van der Waals surface area contributed by atoms with Gasteiger partial charge in [0.2, 0.25) is 0 Å². The van der Waals surface area contributed by atoms with Gasteiger partial charge >= 0.3 is 6.09 Å². The van der Waals surface area contributed by atoms with Gasteiger partial charge in [-0.1, -0.05) is 0 Å². The molecule has 0 radical (unpaired) electrons. The molecule has 32 heavy (non-hydrogen) atoms. The number of hydrogen-bond donors (Lipinski definition) is 4. The Morgan fingerprint density at radius 2 is 1.97 bits per heavy atom. The Labute approximate surface area is 188 Å². The zero-order valence-electron chi connectivity index (χ0n) is 19.0. The molecule has 0 aliphatic carbocycles. The third-order valence-electron chi connectivity index (χ3n) is 6.64. The molecule has 9 nitrogen and oxygen atoms in total. The number of carbonyl (C=O) groups excluding carboxylic acids is 1. The molecule has 4 N–H and O–H groups in total. The largest absolute Gasteiger partial charge is 0.447 e. The van der Waals surface area contributed by atoms with Gasteiger partial charge in [-0.05, 0) is 65.0 Å². The number of nitrogens with one attached hydrogen (secondary N) is 4. The summed E-state index contributed by atoms with van der Waals surface area (Å²) in [5, 5.41) is 8.18. The van der Waals surface area contributed by atoms with Crippen LogP contribution in [-0.2, 0) is 4.74 Å². The molecule has 3 aliphatic rings. The number of nitrogens with zero attached hydrogens (tertiary/aromatic N) is 3. The minimum Gasteiger partial charge on any atom is -0.447 e. The first kappa shape index (κ1) is 21.2. The lowest BCUT2D eigenvalue weighted by molar-refractivity contribution is 0.0483. The zero-order valence-corrected chi connectivity index (χ0v) is 19.0. The number of fused-ring (bicyclic) bond motifs is 3. The van der Waals surface area contributed by atoms with Crippen LogP contribution < -0.4 is 21.5 Å². The van der Waals surface area contributed by atoms with Crippen molar-refractivity contribution in [2.45, 2.75) is 89.3 Å². The molecule has 0 saturated carbocycles. The van der Waals surface area contributed by atoms with Gasteiger partial charge in [0.1, 0.15) is 11.6 Å². The fourth-order valence-corrected chi connectivity index (χ4v) is 5.30. The molecule has 5 atom stereocenters. The summed E-state index contributed by atoms with van der Waals surface area (Å²) in [6.45, 7) is 5.95. The molecule has 3 unspecified atom stereocenters. The van der Waals surface area contributed by atoms with Crippen molar-refractivity contribution in [3.63, 3.8) is 0 Å². The van der Waals surface area contributed by atoms with Gasteiger partial charge < -0.3 is 20.3 Å². The summed E-state index contributed by atoms with van der Waals surface area (Å²) in [6, 6.07) is 7.11. The highest BCUT2D eigenvalue weighted by atomic mass is 16.6. The van der Waals surface area contributed by atoms with Crippen LogP contribution in [0.5, 0.6) is 0 Å². The molecule has 2 bridgehead atoms. The molecule has 3 fully saturated rings. The summed E-state index contributed by atoms with van der Waals surface area (Å²) in [4.78, 5) is 24.0. The molecular formula is C23H33N7O2. The lowest BCUT2D eigenvalue weighted by atomic mass is 9.97. The van der Waals surface area contributed by atoms with Crippen molar-refractivity contribution in [1.82, 2.24) is 25.7 Å². The second-order valence-corrected chi connectivity index (χ2v) is 9.59. The minimum absolute atomic E-state index is 0.0939. The van der Waals surface area contributed by atoms with Crippen molar-refractivity contribution >= 4 is 28.6 Å². The number of aromatic nitrogens is 2. The lowest BCUT2D eigenvalue weighted by Crippen LogP contribution is -2.50. The SMILES string of the molecule is CC1CC(Nc2cc3ncccc3c(NC3C[C@H]4CC[C@@H](C3)N4C(=O)OC(C)C)n2)NN1. The van der Waals surface area contributed by atoms with Gasteiger partial charge in [0.25, 0.3) is 0 Å². The second-order valence-electron chi connectivity index (χ2n) is 9.59. The van der Waals surface area contributed by atoms with E-state index in [1.807, 2.05) is 37.1 Å². The van der Waals surface area contributed by atoms with Crippen molar-refractivity contribution in [3.8, 4) is 0 Å². The van der Waals surface area contributed by atoms with E-state index in [-0.39, 0.29) is 36.5 Å². The van der Waals surface area contributed by atoms with Crippen LogP contribution in [0.25, 0.3) is 10.9 Å². The van der Waals surface area contributed by atoms with Crippen molar-refractivity contribution in [1.29, 1.82) is 0 Å². The van der Waals surface area contributed by atoms with E-state index in [4.69, 9.17) is 9.72 Å².